The fourth-order valence-electron chi connectivity index (χ4n) is 1.32. The number of pyridine rings is 1. The number of carbonyl (C=O) groups is 1. The predicted octanol–water partition coefficient (Wildman–Crippen LogP) is 0.337. The van der Waals surface area contributed by atoms with Gasteiger partial charge in [-0.15, -0.1) is 0 Å². The Bertz CT molecular complexity index is 532. The van der Waals surface area contributed by atoms with Crippen LogP contribution >= 0.6 is 0 Å². The summed E-state index contributed by atoms with van der Waals surface area (Å²) in [6.07, 6.45) is 1.44. The standard InChI is InChI=1S/C9H10N4O2/c1-13-7-6(12-9(13)10)3-5(4-11-7)8(14)15-2/h3-4H,1-2H3,(H2,10,12). The van der Waals surface area contributed by atoms with E-state index in [9.17, 15) is 4.79 Å². The number of nitrogen functional groups attached to an aromatic ring is 1. The highest BCUT2D eigenvalue weighted by molar-refractivity contribution is 5.92. The van der Waals surface area contributed by atoms with Gasteiger partial charge in [0, 0.05) is 13.2 Å². The fourth-order valence-corrected chi connectivity index (χ4v) is 1.32. The molecule has 15 heavy (non-hydrogen) atoms. The van der Waals surface area contributed by atoms with Crippen molar-refractivity contribution in [2.24, 2.45) is 7.05 Å². The molecule has 0 fully saturated rings. The van der Waals surface area contributed by atoms with E-state index in [4.69, 9.17) is 5.73 Å². The Labute approximate surface area is 85.7 Å². The van der Waals surface area contributed by atoms with Crippen molar-refractivity contribution >= 4 is 23.1 Å². The minimum absolute atomic E-state index is 0.361. The number of aryl methyl sites for hydroxylation is 1. The van der Waals surface area contributed by atoms with Gasteiger partial charge in [-0.2, -0.15) is 0 Å². The lowest BCUT2D eigenvalue weighted by molar-refractivity contribution is 0.0600. The molecule has 0 spiro atoms. The number of esters is 1. The van der Waals surface area contributed by atoms with Crippen LogP contribution in [0.4, 0.5) is 5.95 Å². The molecule has 78 valence electrons. The van der Waals surface area contributed by atoms with Gasteiger partial charge in [0.25, 0.3) is 0 Å². The summed E-state index contributed by atoms with van der Waals surface area (Å²) in [4.78, 5) is 19.4. The van der Waals surface area contributed by atoms with Crippen LogP contribution < -0.4 is 5.73 Å². The van der Waals surface area contributed by atoms with Gasteiger partial charge < -0.3 is 10.5 Å². The monoisotopic (exact) mass is 206 g/mol. The van der Waals surface area contributed by atoms with Crippen LogP contribution in [0.1, 0.15) is 10.4 Å². The van der Waals surface area contributed by atoms with E-state index in [1.807, 2.05) is 0 Å². The molecule has 2 aromatic rings. The van der Waals surface area contributed by atoms with Gasteiger partial charge in [-0.1, -0.05) is 0 Å². The van der Waals surface area contributed by atoms with Crippen molar-refractivity contribution < 1.29 is 9.53 Å². The van der Waals surface area contributed by atoms with Crippen LogP contribution in [0.15, 0.2) is 12.3 Å². The Morgan fingerprint density at radius 3 is 3.00 bits per heavy atom. The first kappa shape index (κ1) is 9.45. The summed E-state index contributed by atoms with van der Waals surface area (Å²) in [5.41, 5.74) is 7.19. The predicted molar refractivity (Wildman–Crippen MR) is 54.3 cm³/mol. The van der Waals surface area contributed by atoms with Crippen molar-refractivity contribution in [1.82, 2.24) is 14.5 Å². The van der Waals surface area contributed by atoms with E-state index < -0.39 is 5.97 Å². The number of hydrogen-bond donors (Lipinski definition) is 1. The number of fused-ring (bicyclic) bond motifs is 1. The van der Waals surface area contributed by atoms with Crippen molar-refractivity contribution in [3.63, 3.8) is 0 Å². The second-order valence-corrected chi connectivity index (χ2v) is 3.09. The number of anilines is 1. The highest BCUT2D eigenvalue weighted by Gasteiger charge is 2.11. The first-order valence-corrected chi connectivity index (χ1v) is 4.29. The summed E-state index contributed by atoms with van der Waals surface area (Å²) < 4.78 is 6.23. The van der Waals surface area contributed by atoms with Crippen LogP contribution in [0.3, 0.4) is 0 Å². The Kier molecular flexibility index (Phi) is 2.03. The average Bonchev–Trinajstić information content (AvgIpc) is 2.53. The van der Waals surface area contributed by atoms with E-state index in [0.29, 0.717) is 22.7 Å². The molecule has 0 aliphatic heterocycles. The van der Waals surface area contributed by atoms with Crippen LogP contribution in [0, 0.1) is 0 Å². The number of rotatable bonds is 1. The molecule has 0 bridgehead atoms. The number of nitrogens with two attached hydrogens (primary N) is 1. The number of methoxy groups -OCH3 is 1. The van der Waals surface area contributed by atoms with Gasteiger partial charge in [0.2, 0.25) is 5.95 Å². The molecule has 0 aromatic carbocycles. The Morgan fingerprint density at radius 2 is 2.33 bits per heavy atom. The molecule has 2 N–H and O–H groups in total. The van der Waals surface area contributed by atoms with Gasteiger partial charge in [-0.25, -0.2) is 14.8 Å². The summed E-state index contributed by atoms with van der Waals surface area (Å²) in [6.45, 7) is 0. The maximum absolute atomic E-state index is 11.2. The van der Waals surface area contributed by atoms with Gasteiger partial charge in [-0.05, 0) is 6.07 Å². The average molecular weight is 206 g/mol. The van der Waals surface area contributed by atoms with Gasteiger partial charge in [0.1, 0.15) is 5.52 Å². The maximum Gasteiger partial charge on any atom is 0.339 e. The molecule has 2 rings (SSSR count). The van der Waals surface area contributed by atoms with Gasteiger partial charge in [0.15, 0.2) is 5.65 Å². The molecule has 0 saturated carbocycles. The summed E-state index contributed by atoms with van der Waals surface area (Å²) in [6, 6.07) is 1.60. The number of aromatic nitrogens is 3. The number of ether oxygens (including phenoxy) is 1. The SMILES string of the molecule is COC(=O)c1cnc2c(c1)nc(N)n2C. The minimum atomic E-state index is -0.436. The zero-order chi connectivity index (χ0) is 11.0. The number of nitrogens with zero attached hydrogens (tertiary/aromatic N) is 3. The van der Waals surface area contributed by atoms with Crippen LogP contribution in [-0.2, 0) is 11.8 Å². The van der Waals surface area contributed by atoms with Crippen molar-refractivity contribution in [3.05, 3.63) is 17.8 Å². The molecule has 0 atom stereocenters. The van der Waals surface area contributed by atoms with E-state index >= 15 is 0 Å². The molecule has 2 aromatic heterocycles. The molecular weight excluding hydrogens is 196 g/mol. The van der Waals surface area contributed by atoms with E-state index in [1.165, 1.54) is 13.3 Å². The highest BCUT2D eigenvalue weighted by Crippen LogP contribution is 2.15. The molecule has 2 heterocycles. The Morgan fingerprint density at radius 1 is 1.60 bits per heavy atom. The third kappa shape index (κ3) is 1.39. The normalized spacial score (nSPS) is 10.5. The van der Waals surface area contributed by atoms with Crippen LogP contribution in [0.5, 0.6) is 0 Å². The van der Waals surface area contributed by atoms with Crippen LogP contribution in [-0.4, -0.2) is 27.6 Å². The van der Waals surface area contributed by atoms with Crippen LogP contribution in [0.25, 0.3) is 11.2 Å². The lowest BCUT2D eigenvalue weighted by Crippen LogP contribution is -2.02. The third-order valence-electron chi connectivity index (χ3n) is 2.16. The van der Waals surface area contributed by atoms with E-state index in [2.05, 4.69) is 14.7 Å². The lowest BCUT2D eigenvalue weighted by atomic mass is 10.3. The molecule has 0 aliphatic carbocycles. The van der Waals surface area contributed by atoms with Gasteiger partial charge in [-0.3, -0.25) is 4.57 Å². The zero-order valence-electron chi connectivity index (χ0n) is 8.39. The summed E-state index contributed by atoms with van der Waals surface area (Å²) >= 11 is 0. The fraction of sp³-hybridized carbons (Fsp3) is 0.222. The molecule has 6 heteroatoms. The minimum Gasteiger partial charge on any atom is -0.465 e. The van der Waals surface area contributed by atoms with E-state index in [-0.39, 0.29) is 0 Å². The molecule has 0 amide bonds. The molecule has 0 aliphatic rings. The molecule has 0 saturated heterocycles. The first-order chi connectivity index (χ1) is 7.13. The number of carbonyl (C=O) groups excluding carboxylic acids is 1. The largest absolute Gasteiger partial charge is 0.465 e. The topological polar surface area (TPSA) is 83.0 Å². The maximum atomic E-state index is 11.2. The third-order valence-corrected chi connectivity index (χ3v) is 2.16. The second kappa shape index (κ2) is 3.23. The molecule has 0 radical (unpaired) electrons. The quantitative estimate of drug-likeness (QED) is 0.680. The van der Waals surface area contributed by atoms with Gasteiger partial charge >= 0.3 is 5.97 Å². The van der Waals surface area contributed by atoms with Crippen LogP contribution in [0.2, 0.25) is 0 Å². The number of imidazole rings is 1. The van der Waals surface area contributed by atoms with Crippen molar-refractivity contribution in [2.45, 2.75) is 0 Å². The lowest BCUT2D eigenvalue weighted by Gasteiger charge is -1.98. The summed E-state index contributed by atoms with van der Waals surface area (Å²) in [7, 11) is 3.08. The first-order valence-electron chi connectivity index (χ1n) is 4.29. The smallest absolute Gasteiger partial charge is 0.339 e. The number of hydrogen-bond acceptors (Lipinski definition) is 5. The second-order valence-electron chi connectivity index (χ2n) is 3.09. The van der Waals surface area contributed by atoms with Crippen molar-refractivity contribution in [2.75, 3.05) is 12.8 Å². The Hall–Kier alpha value is -2.11. The summed E-state index contributed by atoms with van der Waals surface area (Å²) in [5, 5.41) is 0. The highest BCUT2D eigenvalue weighted by atomic mass is 16.5. The van der Waals surface area contributed by atoms with E-state index in [1.54, 1.807) is 17.7 Å². The van der Waals surface area contributed by atoms with Gasteiger partial charge in [0.05, 0.1) is 12.7 Å². The van der Waals surface area contributed by atoms with Crippen molar-refractivity contribution in [1.29, 1.82) is 0 Å². The zero-order valence-corrected chi connectivity index (χ0v) is 8.39. The summed E-state index contributed by atoms with van der Waals surface area (Å²) in [5.74, 6) is -0.0758. The molecule has 0 unspecified atom stereocenters. The molecule has 6 nitrogen and oxygen atoms in total. The Balaban J connectivity index is 2.62. The molecular formula is C9H10N4O2. The van der Waals surface area contributed by atoms with Crippen molar-refractivity contribution in [3.8, 4) is 0 Å². The van der Waals surface area contributed by atoms with E-state index in [0.717, 1.165) is 0 Å².